The third-order valence-corrected chi connectivity index (χ3v) is 6.22. The van der Waals surface area contributed by atoms with E-state index in [4.69, 9.17) is 18.4 Å². The van der Waals surface area contributed by atoms with Crippen LogP contribution in [0.5, 0.6) is 11.5 Å². The number of hydrogen-bond donors (Lipinski definition) is 0. The second-order valence-corrected chi connectivity index (χ2v) is 8.87. The zero-order valence-corrected chi connectivity index (χ0v) is 18.8. The Kier molecular flexibility index (Phi) is 8.05. The van der Waals surface area contributed by atoms with Gasteiger partial charge in [-0.2, -0.15) is 8.42 Å². The fourth-order valence-electron chi connectivity index (χ4n) is 3.38. The second kappa shape index (κ2) is 10.8. The first-order chi connectivity index (χ1) is 15.3. The maximum Gasteiger partial charge on any atom is 0.339 e. The zero-order chi connectivity index (χ0) is 23.1. The smallest absolute Gasteiger partial charge is 0.339 e. The molecule has 0 radical (unpaired) electrons. The number of nitrogens with zero attached hydrogens (tertiary/aromatic N) is 1. The second-order valence-electron chi connectivity index (χ2n) is 7.32. The highest BCUT2D eigenvalue weighted by Gasteiger charge is 2.24. The molecule has 2 aromatic rings. The summed E-state index contributed by atoms with van der Waals surface area (Å²) < 4.78 is 59.6. The summed E-state index contributed by atoms with van der Waals surface area (Å²) in [5.74, 6) is -0.602. The molecule has 1 unspecified atom stereocenters. The molecule has 8 nitrogen and oxygen atoms in total. The molecule has 0 aromatic heterocycles. The van der Waals surface area contributed by atoms with Gasteiger partial charge < -0.3 is 23.3 Å². The molecule has 0 N–H and O–H groups in total. The van der Waals surface area contributed by atoms with Crippen molar-refractivity contribution < 1.29 is 36.0 Å². The molecule has 1 heterocycles. The van der Waals surface area contributed by atoms with Crippen molar-refractivity contribution in [2.24, 2.45) is 0 Å². The summed E-state index contributed by atoms with van der Waals surface area (Å²) in [5.41, 5.74) is 0.637. The van der Waals surface area contributed by atoms with Crippen molar-refractivity contribution in [3.63, 3.8) is 0 Å². The van der Waals surface area contributed by atoms with Gasteiger partial charge in [-0.25, -0.2) is 4.39 Å². The van der Waals surface area contributed by atoms with E-state index in [-0.39, 0.29) is 41.6 Å². The number of carbonyl (C=O) groups excluding carboxylic acids is 1. The number of rotatable bonds is 10. The Balaban J connectivity index is 1.83. The Hall–Kier alpha value is -2.69. The first kappa shape index (κ1) is 24.0. The number of hydrogen-bond acceptors (Lipinski definition) is 7. The lowest BCUT2D eigenvalue weighted by Gasteiger charge is -2.25. The van der Waals surface area contributed by atoms with Crippen LogP contribution in [0.3, 0.4) is 0 Å². The number of ether oxygens (including phenoxy) is 3. The minimum atomic E-state index is -4.22. The molecule has 174 valence electrons. The molecule has 10 heteroatoms. The van der Waals surface area contributed by atoms with E-state index in [9.17, 15) is 17.6 Å². The maximum atomic E-state index is 13.2. The molecular formula is C22H26FNO7S. The third-order valence-electron chi connectivity index (χ3n) is 4.97. The van der Waals surface area contributed by atoms with Crippen LogP contribution in [0.2, 0.25) is 0 Å². The Morgan fingerprint density at radius 1 is 1.16 bits per heavy atom. The van der Waals surface area contributed by atoms with Crippen LogP contribution < -0.4 is 8.92 Å². The van der Waals surface area contributed by atoms with Crippen molar-refractivity contribution >= 4 is 16.0 Å². The summed E-state index contributed by atoms with van der Waals surface area (Å²) >= 11 is 0. The highest BCUT2D eigenvalue weighted by Crippen LogP contribution is 2.31. The van der Waals surface area contributed by atoms with Crippen molar-refractivity contribution in [1.29, 1.82) is 0 Å². The minimum Gasteiger partial charge on any atom is -0.493 e. The number of carbonyl (C=O) groups is 1. The van der Waals surface area contributed by atoms with Gasteiger partial charge in [-0.05, 0) is 54.8 Å². The normalized spacial score (nSPS) is 16.0. The van der Waals surface area contributed by atoms with Crippen LogP contribution in [0.15, 0.2) is 47.4 Å². The molecule has 0 bridgehead atoms. The number of methoxy groups -OCH3 is 2. The van der Waals surface area contributed by atoms with Crippen LogP contribution >= 0.6 is 0 Å². The lowest BCUT2D eigenvalue weighted by atomic mass is 10.1. The van der Waals surface area contributed by atoms with Gasteiger partial charge in [0.2, 0.25) is 5.91 Å². The van der Waals surface area contributed by atoms with E-state index in [1.807, 2.05) is 0 Å². The zero-order valence-electron chi connectivity index (χ0n) is 18.0. The Labute approximate surface area is 187 Å². The molecular weight excluding hydrogens is 441 g/mol. The molecule has 1 saturated heterocycles. The van der Waals surface area contributed by atoms with Gasteiger partial charge in [0, 0.05) is 26.8 Å². The molecule has 1 fully saturated rings. The fourth-order valence-corrected chi connectivity index (χ4v) is 4.31. The summed E-state index contributed by atoms with van der Waals surface area (Å²) in [7, 11) is -1.39. The van der Waals surface area contributed by atoms with E-state index >= 15 is 0 Å². The van der Waals surface area contributed by atoms with Crippen LogP contribution in [0.4, 0.5) is 4.39 Å². The molecule has 0 saturated carbocycles. The molecule has 1 aliphatic rings. The SMILES string of the molecule is COCC(=O)N(Cc1ccc(OC)c(OS(=O)(=O)c2ccc(F)cc2)c1)CC1CCCO1. The molecule has 1 atom stereocenters. The first-order valence-corrected chi connectivity index (χ1v) is 11.5. The van der Waals surface area contributed by atoms with Crippen LogP contribution in [0, 0.1) is 5.82 Å². The largest absolute Gasteiger partial charge is 0.493 e. The van der Waals surface area contributed by atoms with Crippen LogP contribution in [0.1, 0.15) is 18.4 Å². The maximum absolute atomic E-state index is 13.2. The highest BCUT2D eigenvalue weighted by atomic mass is 32.2. The van der Waals surface area contributed by atoms with Gasteiger partial charge in [0.1, 0.15) is 17.3 Å². The number of amides is 1. The van der Waals surface area contributed by atoms with E-state index in [0.29, 0.717) is 18.7 Å². The molecule has 1 amide bonds. The topological polar surface area (TPSA) is 91.4 Å². The van der Waals surface area contributed by atoms with E-state index in [1.54, 1.807) is 17.0 Å². The summed E-state index contributed by atoms with van der Waals surface area (Å²) in [6.45, 7) is 1.20. The molecule has 2 aromatic carbocycles. The lowest BCUT2D eigenvalue weighted by molar-refractivity contribution is -0.137. The molecule has 0 aliphatic carbocycles. The first-order valence-electron chi connectivity index (χ1n) is 10.1. The van der Waals surface area contributed by atoms with Gasteiger partial charge in [-0.3, -0.25) is 4.79 Å². The van der Waals surface area contributed by atoms with Crippen LogP contribution in [0.25, 0.3) is 0 Å². The minimum absolute atomic E-state index is 0.0365. The Morgan fingerprint density at radius 2 is 1.91 bits per heavy atom. The van der Waals surface area contributed by atoms with Gasteiger partial charge in [0.15, 0.2) is 11.5 Å². The molecule has 32 heavy (non-hydrogen) atoms. The number of halogens is 1. The molecule has 3 rings (SSSR count). The van der Waals surface area contributed by atoms with Gasteiger partial charge in [-0.1, -0.05) is 6.07 Å². The summed E-state index contributed by atoms with van der Waals surface area (Å²) in [6, 6.07) is 9.10. The van der Waals surface area contributed by atoms with Gasteiger partial charge in [-0.15, -0.1) is 0 Å². The van der Waals surface area contributed by atoms with E-state index in [2.05, 4.69) is 0 Å². The van der Waals surface area contributed by atoms with E-state index < -0.39 is 15.9 Å². The predicted molar refractivity (Wildman–Crippen MR) is 113 cm³/mol. The van der Waals surface area contributed by atoms with Crippen molar-refractivity contribution in [1.82, 2.24) is 4.90 Å². The summed E-state index contributed by atoms with van der Waals surface area (Å²) in [4.78, 5) is 14.0. The fraction of sp³-hybridized carbons (Fsp3) is 0.409. The van der Waals surface area contributed by atoms with E-state index in [0.717, 1.165) is 37.1 Å². The number of benzene rings is 2. The third kappa shape index (κ3) is 6.18. The molecule has 0 spiro atoms. The standard InChI is InChI=1S/C22H26FNO7S/c1-28-15-22(25)24(14-18-4-3-11-30-18)13-16-5-10-20(29-2)21(12-16)31-32(26,27)19-8-6-17(23)7-9-19/h5-10,12,18H,3-4,11,13-15H2,1-2H3. The Bertz CT molecular complexity index is 1020. The van der Waals surface area contributed by atoms with Gasteiger partial charge in [0.05, 0.1) is 13.2 Å². The average Bonchev–Trinajstić information content (AvgIpc) is 3.27. The van der Waals surface area contributed by atoms with Crippen molar-refractivity contribution in [2.75, 3.05) is 34.0 Å². The van der Waals surface area contributed by atoms with E-state index in [1.165, 1.54) is 20.3 Å². The average molecular weight is 468 g/mol. The lowest BCUT2D eigenvalue weighted by Crippen LogP contribution is -2.38. The van der Waals surface area contributed by atoms with Crippen LogP contribution in [-0.2, 0) is 30.9 Å². The van der Waals surface area contributed by atoms with Gasteiger partial charge in [0.25, 0.3) is 0 Å². The van der Waals surface area contributed by atoms with Crippen molar-refractivity contribution in [3.8, 4) is 11.5 Å². The quantitative estimate of drug-likeness (QED) is 0.496. The summed E-state index contributed by atoms with van der Waals surface area (Å²) in [5, 5.41) is 0. The van der Waals surface area contributed by atoms with Crippen molar-refractivity contribution in [3.05, 3.63) is 53.8 Å². The predicted octanol–water partition coefficient (Wildman–Crippen LogP) is 2.76. The van der Waals surface area contributed by atoms with Crippen LogP contribution in [-0.4, -0.2) is 59.3 Å². The Morgan fingerprint density at radius 3 is 2.53 bits per heavy atom. The summed E-state index contributed by atoms with van der Waals surface area (Å²) in [6.07, 6.45) is 1.76. The molecule has 1 aliphatic heterocycles. The monoisotopic (exact) mass is 467 g/mol. The van der Waals surface area contributed by atoms with Gasteiger partial charge >= 0.3 is 10.1 Å². The highest BCUT2D eigenvalue weighted by molar-refractivity contribution is 7.87. The van der Waals surface area contributed by atoms with Crippen molar-refractivity contribution in [2.45, 2.75) is 30.4 Å².